The van der Waals surface area contributed by atoms with Gasteiger partial charge in [-0.25, -0.2) is 0 Å². The summed E-state index contributed by atoms with van der Waals surface area (Å²) in [6.45, 7) is 1.71. The summed E-state index contributed by atoms with van der Waals surface area (Å²) < 4.78 is 6.21. The van der Waals surface area contributed by atoms with Crippen molar-refractivity contribution in [3.63, 3.8) is 0 Å². The van der Waals surface area contributed by atoms with E-state index in [0.717, 1.165) is 0 Å². The number of anilines is 1. The van der Waals surface area contributed by atoms with Gasteiger partial charge in [0.2, 0.25) is 0 Å². The Morgan fingerprint density at radius 1 is 1.50 bits per heavy atom. The molecular weight excluding hydrogens is 272 g/mol. The first-order valence-corrected chi connectivity index (χ1v) is 5.64. The summed E-state index contributed by atoms with van der Waals surface area (Å²) in [5, 5.41) is 0. The second-order valence-corrected chi connectivity index (χ2v) is 4.45. The van der Waals surface area contributed by atoms with E-state index in [-0.39, 0.29) is 5.91 Å². The molecule has 0 heterocycles. The number of likely N-dealkylation sites (N-methyl/N-ethyl adjacent to an activating group) is 1. The monoisotopic (exact) mass is 286 g/mol. The molecule has 0 aliphatic rings. The zero-order valence-electron chi connectivity index (χ0n) is 9.53. The van der Waals surface area contributed by atoms with Gasteiger partial charge in [0, 0.05) is 19.8 Å². The van der Waals surface area contributed by atoms with E-state index in [0.29, 0.717) is 15.9 Å². The summed E-state index contributed by atoms with van der Waals surface area (Å²) in [7, 11) is 3.38. The summed E-state index contributed by atoms with van der Waals surface area (Å²) >= 11 is 3.32. The molecule has 0 bridgehead atoms. The van der Waals surface area contributed by atoms with Crippen LogP contribution in [0.25, 0.3) is 0 Å². The second kappa shape index (κ2) is 5.21. The maximum atomic E-state index is 11.6. The molecule has 0 aliphatic carbocycles. The van der Waals surface area contributed by atoms with Gasteiger partial charge in [-0.1, -0.05) is 6.07 Å². The molecule has 16 heavy (non-hydrogen) atoms. The van der Waals surface area contributed by atoms with Gasteiger partial charge in [0.05, 0.1) is 4.47 Å². The molecule has 0 fully saturated rings. The highest BCUT2D eigenvalue weighted by Gasteiger charge is 2.17. The molecule has 88 valence electrons. The van der Waals surface area contributed by atoms with Gasteiger partial charge in [-0.3, -0.25) is 4.79 Å². The van der Waals surface area contributed by atoms with Crippen LogP contribution < -0.4 is 10.5 Å². The van der Waals surface area contributed by atoms with Crippen LogP contribution in [0, 0.1) is 0 Å². The van der Waals surface area contributed by atoms with Crippen molar-refractivity contribution in [2.24, 2.45) is 0 Å². The molecule has 1 aromatic rings. The number of nitrogen functional groups attached to an aromatic ring is 1. The van der Waals surface area contributed by atoms with E-state index in [2.05, 4.69) is 15.9 Å². The molecule has 5 heteroatoms. The van der Waals surface area contributed by atoms with E-state index in [1.54, 1.807) is 39.2 Å². The van der Waals surface area contributed by atoms with Crippen molar-refractivity contribution in [2.75, 3.05) is 19.8 Å². The van der Waals surface area contributed by atoms with E-state index in [9.17, 15) is 4.79 Å². The van der Waals surface area contributed by atoms with Crippen molar-refractivity contribution in [3.05, 3.63) is 22.7 Å². The fourth-order valence-electron chi connectivity index (χ4n) is 1.22. The lowest BCUT2D eigenvalue weighted by Gasteiger charge is -2.19. The lowest BCUT2D eigenvalue weighted by Crippen LogP contribution is -2.35. The molecule has 2 N–H and O–H groups in total. The summed E-state index contributed by atoms with van der Waals surface area (Å²) in [6, 6.07) is 5.30. The maximum Gasteiger partial charge on any atom is 0.262 e. The fraction of sp³-hybridized carbons (Fsp3) is 0.364. The molecule has 0 saturated carbocycles. The minimum Gasteiger partial charge on any atom is -0.480 e. The third kappa shape index (κ3) is 2.88. The number of ether oxygens (including phenoxy) is 1. The predicted molar refractivity (Wildman–Crippen MR) is 67.3 cm³/mol. The SMILES string of the molecule is CC(Oc1cccc(N)c1Br)C(=O)N(C)C. The average molecular weight is 287 g/mol. The van der Waals surface area contributed by atoms with Gasteiger partial charge in [0.25, 0.3) is 5.91 Å². The predicted octanol–water partition coefficient (Wildman–Crippen LogP) is 1.89. The molecule has 0 radical (unpaired) electrons. The molecule has 1 atom stereocenters. The third-order valence-electron chi connectivity index (χ3n) is 2.09. The van der Waals surface area contributed by atoms with Gasteiger partial charge < -0.3 is 15.4 Å². The molecule has 1 amide bonds. The van der Waals surface area contributed by atoms with Gasteiger partial charge in [0.1, 0.15) is 5.75 Å². The van der Waals surface area contributed by atoms with Gasteiger partial charge in [-0.2, -0.15) is 0 Å². The number of carbonyl (C=O) groups excluding carboxylic acids is 1. The Balaban J connectivity index is 2.81. The Bertz CT molecular complexity index is 394. The highest BCUT2D eigenvalue weighted by molar-refractivity contribution is 9.10. The molecule has 1 aromatic carbocycles. The van der Waals surface area contributed by atoms with Gasteiger partial charge in [0.15, 0.2) is 6.10 Å². The molecule has 4 nitrogen and oxygen atoms in total. The van der Waals surface area contributed by atoms with Crippen LogP contribution >= 0.6 is 15.9 Å². The number of hydrogen-bond donors (Lipinski definition) is 1. The maximum absolute atomic E-state index is 11.6. The lowest BCUT2D eigenvalue weighted by atomic mass is 10.3. The van der Waals surface area contributed by atoms with Crippen molar-refractivity contribution >= 4 is 27.5 Å². The number of hydrogen-bond acceptors (Lipinski definition) is 3. The van der Waals surface area contributed by atoms with Crippen LogP contribution in [0.3, 0.4) is 0 Å². The molecular formula is C11H15BrN2O2. The quantitative estimate of drug-likeness (QED) is 0.864. The minimum atomic E-state index is -0.534. The van der Waals surface area contributed by atoms with Crippen molar-refractivity contribution in [1.82, 2.24) is 4.90 Å². The summed E-state index contributed by atoms with van der Waals surface area (Å²) in [6.07, 6.45) is -0.534. The number of rotatable bonds is 3. The van der Waals surface area contributed by atoms with Crippen LogP contribution in [-0.2, 0) is 4.79 Å². The van der Waals surface area contributed by atoms with Gasteiger partial charge >= 0.3 is 0 Å². The molecule has 1 unspecified atom stereocenters. The van der Waals surface area contributed by atoms with Crippen LogP contribution in [0.15, 0.2) is 22.7 Å². The number of amides is 1. The highest BCUT2D eigenvalue weighted by atomic mass is 79.9. The standard InChI is InChI=1S/C11H15BrN2O2/c1-7(11(15)14(2)3)16-9-6-4-5-8(13)10(9)12/h4-7H,13H2,1-3H3. The second-order valence-electron chi connectivity index (χ2n) is 3.65. The van der Waals surface area contributed by atoms with Crippen molar-refractivity contribution < 1.29 is 9.53 Å². The summed E-state index contributed by atoms with van der Waals surface area (Å²) in [5.74, 6) is 0.483. The van der Waals surface area contributed by atoms with E-state index >= 15 is 0 Å². The first kappa shape index (κ1) is 12.8. The largest absolute Gasteiger partial charge is 0.480 e. The number of nitrogens with two attached hydrogens (primary N) is 1. The summed E-state index contributed by atoms with van der Waals surface area (Å²) in [4.78, 5) is 13.1. The van der Waals surface area contributed by atoms with Crippen molar-refractivity contribution in [3.8, 4) is 5.75 Å². The van der Waals surface area contributed by atoms with Gasteiger partial charge in [-0.05, 0) is 35.0 Å². The van der Waals surface area contributed by atoms with Crippen molar-refractivity contribution in [1.29, 1.82) is 0 Å². The Morgan fingerprint density at radius 2 is 2.12 bits per heavy atom. The van der Waals surface area contributed by atoms with E-state index in [4.69, 9.17) is 10.5 Å². The first-order chi connectivity index (χ1) is 7.43. The molecule has 0 aliphatic heterocycles. The van der Waals surface area contributed by atoms with E-state index in [1.165, 1.54) is 4.90 Å². The smallest absolute Gasteiger partial charge is 0.262 e. The Morgan fingerprint density at radius 3 is 2.69 bits per heavy atom. The number of halogens is 1. The number of benzene rings is 1. The normalized spacial score (nSPS) is 12.0. The lowest BCUT2D eigenvalue weighted by molar-refractivity contribution is -0.135. The van der Waals surface area contributed by atoms with Gasteiger partial charge in [-0.15, -0.1) is 0 Å². The highest BCUT2D eigenvalue weighted by Crippen LogP contribution is 2.30. The van der Waals surface area contributed by atoms with E-state index in [1.807, 2.05) is 0 Å². The minimum absolute atomic E-state index is 0.0886. The van der Waals surface area contributed by atoms with Crippen LogP contribution in [0.1, 0.15) is 6.92 Å². The zero-order valence-corrected chi connectivity index (χ0v) is 11.1. The summed E-state index contributed by atoms with van der Waals surface area (Å²) in [5.41, 5.74) is 6.30. The number of carbonyl (C=O) groups is 1. The zero-order chi connectivity index (χ0) is 12.3. The third-order valence-corrected chi connectivity index (χ3v) is 2.93. The topological polar surface area (TPSA) is 55.6 Å². The molecule has 1 rings (SSSR count). The Kier molecular flexibility index (Phi) is 4.18. The van der Waals surface area contributed by atoms with Crippen LogP contribution in [0.2, 0.25) is 0 Å². The van der Waals surface area contributed by atoms with E-state index < -0.39 is 6.10 Å². The van der Waals surface area contributed by atoms with Crippen LogP contribution in [0.4, 0.5) is 5.69 Å². The van der Waals surface area contributed by atoms with Crippen LogP contribution in [0.5, 0.6) is 5.75 Å². The number of nitrogens with zero attached hydrogens (tertiary/aromatic N) is 1. The molecule has 0 saturated heterocycles. The Labute approximate surface area is 103 Å². The van der Waals surface area contributed by atoms with Crippen LogP contribution in [-0.4, -0.2) is 31.0 Å². The first-order valence-electron chi connectivity index (χ1n) is 4.85. The molecule has 0 spiro atoms. The fourth-order valence-corrected chi connectivity index (χ4v) is 1.58. The van der Waals surface area contributed by atoms with Crippen molar-refractivity contribution in [2.45, 2.75) is 13.0 Å². The average Bonchev–Trinajstić information content (AvgIpc) is 2.23. The molecule has 0 aromatic heterocycles. The Hall–Kier alpha value is -1.23.